The summed E-state index contributed by atoms with van der Waals surface area (Å²) in [4.78, 5) is 0.886. The van der Waals surface area contributed by atoms with E-state index in [0.29, 0.717) is 18.7 Å². The first-order valence-corrected chi connectivity index (χ1v) is 11.3. The Kier molecular flexibility index (Phi) is 4.69. The third-order valence-corrected chi connectivity index (χ3v) is 8.54. The maximum Gasteiger partial charge on any atom is 0.250 e. The van der Waals surface area contributed by atoms with Crippen LogP contribution in [0.3, 0.4) is 0 Å². The Morgan fingerprint density at radius 3 is 2.58 bits per heavy atom. The third-order valence-electron chi connectivity index (χ3n) is 3.81. The molecule has 1 aliphatic rings. The van der Waals surface area contributed by atoms with Gasteiger partial charge in [0, 0.05) is 18.0 Å². The molecule has 24 heavy (non-hydrogen) atoms. The summed E-state index contributed by atoms with van der Waals surface area (Å²) < 4.78 is 53.2. The molecule has 1 aromatic heterocycles. The van der Waals surface area contributed by atoms with Gasteiger partial charge in [-0.2, -0.15) is 0 Å². The van der Waals surface area contributed by atoms with E-state index in [1.807, 2.05) is 19.1 Å². The van der Waals surface area contributed by atoms with E-state index in [4.69, 9.17) is 0 Å². The zero-order valence-corrected chi connectivity index (χ0v) is 15.5. The number of thiophene rings is 1. The first-order chi connectivity index (χ1) is 11.3. The predicted octanol–water partition coefficient (Wildman–Crippen LogP) is 1.73. The van der Waals surface area contributed by atoms with Gasteiger partial charge in [-0.05, 0) is 37.1 Å². The van der Waals surface area contributed by atoms with E-state index >= 15 is 0 Å². The lowest BCUT2D eigenvalue weighted by Gasteiger charge is -2.19. The van der Waals surface area contributed by atoms with Gasteiger partial charge in [0.15, 0.2) is 0 Å². The van der Waals surface area contributed by atoms with Gasteiger partial charge in [-0.15, -0.1) is 11.3 Å². The molecule has 1 N–H and O–H groups in total. The highest BCUT2D eigenvalue weighted by Gasteiger charge is 2.29. The maximum atomic E-state index is 12.5. The molecule has 6 nitrogen and oxygen atoms in total. The van der Waals surface area contributed by atoms with Crippen molar-refractivity contribution in [3.8, 4) is 0 Å². The highest BCUT2D eigenvalue weighted by Crippen LogP contribution is 2.29. The second kappa shape index (κ2) is 6.47. The SMILES string of the molecule is Cc1ccc(S(=O)(=O)NCCS(=O)(=O)N2CCc3ccccc32)s1. The fourth-order valence-electron chi connectivity index (χ4n) is 2.64. The number of aryl methyl sites for hydroxylation is 1. The second-order valence-corrected chi connectivity index (χ2v) is 10.8. The standard InChI is InChI=1S/C15H18N2O4S3/c1-12-6-7-15(22-12)24(20,21)16-9-11-23(18,19)17-10-8-13-4-2-3-5-14(13)17/h2-7,16H,8-11H2,1H3. The molecule has 1 aliphatic heterocycles. The van der Waals surface area contributed by atoms with Gasteiger partial charge in [0.05, 0.1) is 11.4 Å². The number of para-hydroxylation sites is 1. The molecule has 0 saturated heterocycles. The van der Waals surface area contributed by atoms with Gasteiger partial charge in [0.1, 0.15) is 4.21 Å². The van der Waals surface area contributed by atoms with Crippen molar-refractivity contribution < 1.29 is 16.8 Å². The van der Waals surface area contributed by atoms with Crippen LogP contribution in [0, 0.1) is 6.92 Å². The summed E-state index contributed by atoms with van der Waals surface area (Å²) in [6.07, 6.45) is 0.676. The number of nitrogens with one attached hydrogen (secondary N) is 1. The Labute approximate surface area is 146 Å². The molecule has 3 rings (SSSR count). The molecule has 0 unspecified atom stereocenters. The van der Waals surface area contributed by atoms with Crippen LogP contribution in [0.2, 0.25) is 0 Å². The van der Waals surface area contributed by atoms with Gasteiger partial charge in [-0.25, -0.2) is 21.6 Å². The molecule has 0 spiro atoms. The number of hydrogen-bond donors (Lipinski definition) is 1. The van der Waals surface area contributed by atoms with E-state index in [2.05, 4.69) is 4.72 Å². The van der Waals surface area contributed by atoms with Crippen LogP contribution >= 0.6 is 11.3 Å². The van der Waals surface area contributed by atoms with Crippen LogP contribution in [-0.4, -0.2) is 35.7 Å². The van der Waals surface area contributed by atoms with Crippen LogP contribution in [0.15, 0.2) is 40.6 Å². The summed E-state index contributed by atoms with van der Waals surface area (Å²) in [5, 5.41) is 0. The number of fused-ring (bicyclic) bond motifs is 1. The molecule has 0 fully saturated rings. The second-order valence-electron chi connectivity index (χ2n) is 5.53. The lowest BCUT2D eigenvalue weighted by molar-refractivity contribution is 0.581. The number of hydrogen-bond acceptors (Lipinski definition) is 5. The smallest absolute Gasteiger partial charge is 0.250 e. The first kappa shape index (κ1) is 17.4. The topological polar surface area (TPSA) is 83.5 Å². The fourth-order valence-corrected chi connectivity index (χ4v) is 6.56. The number of anilines is 1. The average Bonchev–Trinajstić information content (AvgIpc) is 3.13. The van der Waals surface area contributed by atoms with E-state index in [0.717, 1.165) is 21.8 Å². The molecule has 0 bridgehead atoms. The Balaban J connectivity index is 1.66. The molecule has 0 saturated carbocycles. The van der Waals surface area contributed by atoms with Gasteiger partial charge in [-0.1, -0.05) is 18.2 Å². The van der Waals surface area contributed by atoms with Crippen LogP contribution in [0.4, 0.5) is 5.69 Å². The molecule has 9 heteroatoms. The van der Waals surface area contributed by atoms with Crippen molar-refractivity contribution in [1.29, 1.82) is 0 Å². The van der Waals surface area contributed by atoms with E-state index < -0.39 is 20.0 Å². The third kappa shape index (κ3) is 3.49. The predicted molar refractivity (Wildman–Crippen MR) is 95.5 cm³/mol. The minimum atomic E-state index is -3.66. The van der Waals surface area contributed by atoms with Gasteiger partial charge in [-0.3, -0.25) is 4.31 Å². The normalized spacial score (nSPS) is 14.8. The van der Waals surface area contributed by atoms with E-state index in [-0.39, 0.29) is 16.5 Å². The van der Waals surface area contributed by atoms with Crippen LogP contribution in [0.25, 0.3) is 0 Å². The molecule has 2 aromatic rings. The molecule has 130 valence electrons. The Hall–Kier alpha value is -1.42. The van der Waals surface area contributed by atoms with Crippen molar-refractivity contribution in [2.45, 2.75) is 17.6 Å². The Morgan fingerprint density at radius 2 is 1.88 bits per heavy atom. The maximum absolute atomic E-state index is 12.5. The van der Waals surface area contributed by atoms with Crippen molar-refractivity contribution >= 4 is 37.1 Å². The number of sulfonamides is 2. The summed E-state index contributed by atoms with van der Waals surface area (Å²) >= 11 is 1.16. The lowest BCUT2D eigenvalue weighted by atomic mass is 10.2. The first-order valence-electron chi connectivity index (χ1n) is 7.44. The molecule has 0 radical (unpaired) electrons. The summed E-state index contributed by atoms with van der Waals surface area (Å²) in [5.41, 5.74) is 1.69. The summed E-state index contributed by atoms with van der Waals surface area (Å²) in [6.45, 7) is 2.07. The Morgan fingerprint density at radius 1 is 1.12 bits per heavy atom. The van der Waals surface area contributed by atoms with Crippen LogP contribution < -0.4 is 9.03 Å². The lowest BCUT2D eigenvalue weighted by Crippen LogP contribution is -2.36. The monoisotopic (exact) mass is 386 g/mol. The van der Waals surface area contributed by atoms with E-state index in [1.165, 1.54) is 10.4 Å². The van der Waals surface area contributed by atoms with Gasteiger partial charge >= 0.3 is 0 Å². The van der Waals surface area contributed by atoms with Crippen LogP contribution in [0.1, 0.15) is 10.4 Å². The minimum Gasteiger partial charge on any atom is -0.270 e. The summed E-state index contributed by atoms with van der Waals surface area (Å²) in [6, 6.07) is 10.6. The average molecular weight is 387 g/mol. The molecule has 0 atom stereocenters. The molecular weight excluding hydrogens is 368 g/mol. The number of benzene rings is 1. The summed E-state index contributed by atoms with van der Waals surface area (Å²) in [5.74, 6) is -0.273. The van der Waals surface area contributed by atoms with Crippen molar-refractivity contribution in [2.24, 2.45) is 0 Å². The highest BCUT2D eigenvalue weighted by molar-refractivity contribution is 7.93. The van der Waals surface area contributed by atoms with Crippen LogP contribution in [0.5, 0.6) is 0 Å². The van der Waals surface area contributed by atoms with Crippen molar-refractivity contribution in [2.75, 3.05) is 23.1 Å². The van der Waals surface area contributed by atoms with Gasteiger partial charge < -0.3 is 0 Å². The quantitative estimate of drug-likeness (QED) is 0.819. The zero-order valence-electron chi connectivity index (χ0n) is 13.1. The highest BCUT2D eigenvalue weighted by atomic mass is 32.2. The van der Waals surface area contributed by atoms with Crippen LogP contribution in [-0.2, 0) is 26.5 Å². The fraction of sp³-hybridized carbons (Fsp3) is 0.333. The number of nitrogens with zero attached hydrogens (tertiary/aromatic N) is 1. The van der Waals surface area contributed by atoms with Gasteiger partial charge in [0.25, 0.3) is 0 Å². The van der Waals surface area contributed by atoms with Gasteiger partial charge in [0.2, 0.25) is 20.0 Å². The minimum absolute atomic E-state index is 0.152. The van der Waals surface area contributed by atoms with Crippen molar-refractivity contribution in [3.05, 3.63) is 46.8 Å². The summed E-state index contributed by atoms with van der Waals surface area (Å²) in [7, 11) is -7.22. The number of rotatable bonds is 6. The molecular formula is C15H18N2O4S3. The largest absolute Gasteiger partial charge is 0.270 e. The molecule has 0 amide bonds. The molecule has 0 aliphatic carbocycles. The van der Waals surface area contributed by atoms with Crippen molar-refractivity contribution in [1.82, 2.24) is 4.72 Å². The molecule has 2 heterocycles. The van der Waals surface area contributed by atoms with Crippen molar-refractivity contribution in [3.63, 3.8) is 0 Å². The Bertz CT molecular complexity index is 949. The molecule has 1 aromatic carbocycles. The van der Waals surface area contributed by atoms with E-state index in [1.54, 1.807) is 18.2 Å². The van der Waals surface area contributed by atoms with E-state index in [9.17, 15) is 16.8 Å². The zero-order chi connectivity index (χ0) is 17.4.